The Bertz CT molecular complexity index is 977. The molecular formula is C18H13N3O. The van der Waals surface area contributed by atoms with Crippen molar-refractivity contribution in [3.63, 3.8) is 0 Å². The highest BCUT2D eigenvalue weighted by atomic mass is 16.1. The van der Waals surface area contributed by atoms with Gasteiger partial charge >= 0.3 is 0 Å². The molecule has 0 aliphatic rings. The summed E-state index contributed by atoms with van der Waals surface area (Å²) < 4.78 is 0. The van der Waals surface area contributed by atoms with Gasteiger partial charge in [-0.3, -0.25) is 4.79 Å². The highest BCUT2D eigenvalue weighted by Crippen LogP contribution is 2.17. The summed E-state index contributed by atoms with van der Waals surface area (Å²) in [5.74, 6) is 0.287. The van der Waals surface area contributed by atoms with Gasteiger partial charge in [0.1, 0.15) is 6.07 Å². The van der Waals surface area contributed by atoms with Crippen LogP contribution in [0.5, 0.6) is 0 Å². The van der Waals surface area contributed by atoms with Gasteiger partial charge in [0, 0.05) is 0 Å². The summed E-state index contributed by atoms with van der Waals surface area (Å²) in [7, 11) is 0. The first-order chi connectivity index (χ1) is 10.7. The second-order valence-corrected chi connectivity index (χ2v) is 4.96. The molecule has 0 atom stereocenters. The van der Waals surface area contributed by atoms with E-state index in [4.69, 9.17) is 0 Å². The largest absolute Gasteiger partial charge is 0.305 e. The Labute approximate surface area is 127 Å². The van der Waals surface area contributed by atoms with E-state index < -0.39 is 0 Å². The van der Waals surface area contributed by atoms with Gasteiger partial charge in [0.25, 0.3) is 5.56 Å². The fraction of sp³-hybridized carbons (Fsp3) is 0.0556. The van der Waals surface area contributed by atoms with Crippen LogP contribution in [0.25, 0.3) is 22.6 Å². The van der Waals surface area contributed by atoms with Crippen molar-refractivity contribution in [1.29, 1.82) is 5.26 Å². The summed E-state index contributed by atoms with van der Waals surface area (Å²) in [5.41, 5.74) is 2.64. The first kappa shape index (κ1) is 13.8. The molecule has 0 saturated carbocycles. The number of fused-ring (bicyclic) bond motifs is 1. The van der Waals surface area contributed by atoms with Crippen LogP contribution in [-0.4, -0.2) is 9.97 Å². The Morgan fingerprint density at radius 1 is 1.18 bits per heavy atom. The third-order valence-corrected chi connectivity index (χ3v) is 3.48. The van der Waals surface area contributed by atoms with E-state index in [1.807, 2.05) is 37.3 Å². The van der Waals surface area contributed by atoms with Crippen molar-refractivity contribution in [3.8, 4) is 6.07 Å². The summed E-state index contributed by atoms with van der Waals surface area (Å²) in [6.07, 6.45) is 1.74. The van der Waals surface area contributed by atoms with E-state index in [1.54, 1.807) is 24.3 Å². The second kappa shape index (κ2) is 5.66. The number of allylic oxidation sites excluding steroid dienone is 1. The zero-order valence-electron chi connectivity index (χ0n) is 12.0. The van der Waals surface area contributed by atoms with Crippen LogP contribution in [0.1, 0.15) is 17.0 Å². The number of para-hydroxylation sites is 1. The van der Waals surface area contributed by atoms with Crippen LogP contribution in [0.4, 0.5) is 0 Å². The molecule has 106 valence electrons. The van der Waals surface area contributed by atoms with Crippen molar-refractivity contribution < 1.29 is 0 Å². The number of H-pyrrole nitrogens is 1. The minimum absolute atomic E-state index is 0.244. The van der Waals surface area contributed by atoms with Gasteiger partial charge in [-0.25, -0.2) is 4.98 Å². The molecule has 1 heterocycles. The van der Waals surface area contributed by atoms with Gasteiger partial charge in [0.2, 0.25) is 0 Å². The van der Waals surface area contributed by atoms with Crippen molar-refractivity contribution in [3.05, 3.63) is 75.8 Å². The van der Waals surface area contributed by atoms with Gasteiger partial charge in [0.05, 0.1) is 16.5 Å². The van der Waals surface area contributed by atoms with Gasteiger partial charge < -0.3 is 4.98 Å². The van der Waals surface area contributed by atoms with Gasteiger partial charge in [-0.05, 0) is 36.3 Å². The lowest BCUT2D eigenvalue weighted by molar-refractivity contribution is 1.13. The van der Waals surface area contributed by atoms with E-state index in [0.717, 1.165) is 11.1 Å². The molecule has 3 aromatic rings. The Hall–Kier alpha value is -3.19. The number of aryl methyl sites for hydroxylation is 1. The van der Waals surface area contributed by atoms with Crippen LogP contribution in [0.2, 0.25) is 0 Å². The van der Waals surface area contributed by atoms with Gasteiger partial charge in [-0.15, -0.1) is 0 Å². The summed E-state index contributed by atoms with van der Waals surface area (Å²) in [6.45, 7) is 1.97. The molecule has 3 rings (SSSR count). The Morgan fingerprint density at radius 3 is 2.68 bits per heavy atom. The number of benzene rings is 2. The van der Waals surface area contributed by atoms with Crippen LogP contribution in [-0.2, 0) is 0 Å². The van der Waals surface area contributed by atoms with Crippen LogP contribution < -0.4 is 5.56 Å². The van der Waals surface area contributed by atoms with Gasteiger partial charge in [0.15, 0.2) is 5.82 Å². The van der Waals surface area contributed by atoms with E-state index in [9.17, 15) is 10.1 Å². The molecule has 0 spiro atoms. The molecule has 1 aromatic heterocycles. The number of rotatable bonds is 2. The molecule has 0 aliphatic carbocycles. The van der Waals surface area contributed by atoms with E-state index in [0.29, 0.717) is 16.5 Å². The molecule has 4 nitrogen and oxygen atoms in total. The number of hydrogen-bond donors (Lipinski definition) is 1. The van der Waals surface area contributed by atoms with E-state index in [1.165, 1.54) is 0 Å². The molecule has 0 amide bonds. The number of nitriles is 1. The smallest absolute Gasteiger partial charge is 0.259 e. The molecular weight excluding hydrogens is 274 g/mol. The zero-order chi connectivity index (χ0) is 15.5. The van der Waals surface area contributed by atoms with Crippen molar-refractivity contribution in [2.45, 2.75) is 6.92 Å². The SMILES string of the molecule is Cc1ccccc1/C=C(/C#N)c1nc2ccccc2c(=O)[nH]1. The van der Waals surface area contributed by atoms with Gasteiger partial charge in [-0.2, -0.15) is 5.26 Å². The molecule has 1 N–H and O–H groups in total. The number of aromatic amines is 1. The summed E-state index contributed by atoms with van der Waals surface area (Å²) in [4.78, 5) is 19.2. The second-order valence-electron chi connectivity index (χ2n) is 4.96. The lowest BCUT2D eigenvalue weighted by Gasteiger charge is -2.03. The molecule has 0 unspecified atom stereocenters. The fourth-order valence-electron chi connectivity index (χ4n) is 2.27. The normalized spacial score (nSPS) is 11.4. The first-order valence-corrected chi connectivity index (χ1v) is 6.86. The number of hydrogen-bond acceptors (Lipinski definition) is 3. The highest BCUT2D eigenvalue weighted by Gasteiger charge is 2.08. The fourth-order valence-corrected chi connectivity index (χ4v) is 2.27. The summed E-state index contributed by atoms with van der Waals surface area (Å²) in [5, 5.41) is 9.93. The standard InChI is InChI=1S/C18H13N3O/c1-12-6-2-3-7-13(12)10-14(11-19)17-20-16-9-5-4-8-15(16)18(22)21-17/h2-10H,1H3,(H,20,21,22)/b14-10-. The quantitative estimate of drug-likeness (QED) is 0.735. The average Bonchev–Trinajstić information content (AvgIpc) is 2.54. The monoisotopic (exact) mass is 287 g/mol. The molecule has 0 saturated heterocycles. The van der Waals surface area contributed by atoms with Crippen LogP contribution >= 0.6 is 0 Å². The Balaban J connectivity index is 2.18. The van der Waals surface area contributed by atoms with Crippen LogP contribution in [0.3, 0.4) is 0 Å². The number of nitrogens with one attached hydrogen (secondary N) is 1. The molecule has 22 heavy (non-hydrogen) atoms. The minimum atomic E-state index is -0.244. The predicted molar refractivity (Wildman–Crippen MR) is 87.0 cm³/mol. The van der Waals surface area contributed by atoms with E-state index in [-0.39, 0.29) is 11.4 Å². The Kier molecular flexibility index (Phi) is 3.55. The third-order valence-electron chi connectivity index (χ3n) is 3.48. The number of nitrogens with zero attached hydrogens (tertiary/aromatic N) is 2. The molecule has 0 fully saturated rings. The molecule has 0 aliphatic heterocycles. The average molecular weight is 287 g/mol. The third kappa shape index (κ3) is 2.52. The lowest BCUT2D eigenvalue weighted by atomic mass is 10.1. The van der Waals surface area contributed by atoms with E-state index in [2.05, 4.69) is 16.0 Å². The van der Waals surface area contributed by atoms with Crippen molar-refractivity contribution >= 4 is 22.6 Å². The molecule has 0 bridgehead atoms. The Morgan fingerprint density at radius 2 is 1.91 bits per heavy atom. The predicted octanol–water partition coefficient (Wildman–Crippen LogP) is 3.30. The number of aromatic nitrogens is 2. The maximum atomic E-state index is 12.1. The molecule has 4 heteroatoms. The van der Waals surface area contributed by atoms with E-state index >= 15 is 0 Å². The minimum Gasteiger partial charge on any atom is -0.305 e. The molecule has 2 aromatic carbocycles. The summed E-state index contributed by atoms with van der Waals surface area (Å²) in [6, 6.07) is 16.9. The zero-order valence-corrected chi connectivity index (χ0v) is 12.0. The topological polar surface area (TPSA) is 69.5 Å². The highest BCUT2D eigenvalue weighted by molar-refractivity contribution is 5.89. The van der Waals surface area contributed by atoms with Crippen LogP contribution in [0.15, 0.2) is 53.3 Å². The maximum Gasteiger partial charge on any atom is 0.259 e. The van der Waals surface area contributed by atoms with Gasteiger partial charge in [-0.1, -0.05) is 36.4 Å². The van der Waals surface area contributed by atoms with Crippen molar-refractivity contribution in [2.75, 3.05) is 0 Å². The summed E-state index contributed by atoms with van der Waals surface area (Å²) >= 11 is 0. The van der Waals surface area contributed by atoms with Crippen molar-refractivity contribution in [1.82, 2.24) is 9.97 Å². The lowest BCUT2D eigenvalue weighted by Crippen LogP contribution is -2.11. The first-order valence-electron chi connectivity index (χ1n) is 6.86. The van der Waals surface area contributed by atoms with Crippen LogP contribution in [0, 0.1) is 18.3 Å². The van der Waals surface area contributed by atoms with Crippen molar-refractivity contribution in [2.24, 2.45) is 0 Å². The molecule has 0 radical (unpaired) electrons. The maximum absolute atomic E-state index is 12.1.